The van der Waals surface area contributed by atoms with Crippen molar-refractivity contribution >= 4 is 0 Å². The third-order valence-corrected chi connectivity index (χ3v) is 3.56. The average molecular weight is 243 g/mol. The Hall–Kier alpha value is -1.81. The number of benzene rings is 1. The van der Waals surface area contributed by atoms with Crippen molar-refractivity contribution in [1.29, 1.82) is 0 Å². The van der Waals surface area contributed by atoms with E-state index in [9.17, 15) is 0 Å². The van der Waals surface area contributed by atoms with Gasteiger partial charge in [0.15, 0.2) is 0 Å². The molecule has 18 heavy (non-hydrogen) atoms. The summed E-state index contributed by atoms with van der Waals surface area (Å²) in [5, 5.41) is 3.38. The van der Waals surface area contributed by atoms with Gasteiger partial charge in [0.1, 0.15) is 11.6 Å². The molecule has 0 radical (unpaired) electrons. The smallest absolute Gasteiger partial charge is 0.122 e. The van der Waals surface area contributed by atoms with Crippen molar-refractivity contribution in [2.45, 2.75) is 18.4 Å². The molecule has 4 heteroatoms. The lowest BCUT2D eigenvalue weighted by Crippen LogP contribution is -2.35. The Balaban J connectivity index is 1.81. The molecule has 0 bridgehead atoms. The molecule has 2 heterocycles. The first kappa shape index (κ1) is 11.3. The minimum Gasteiger partial charge on any atom is -0.493 e. The lowest BCUT2D eigenvalue weighted by molar-refractivity contribution is 0.301. The van der Waals surface area contributed by atoms with Gasteiger partial charge >= 0.3 is 0 Å². The zero-order chi connectivity index (χ0) is 12.4. The van der Waals surface area contributed by atoms with Crippen molar-refractivity contribution in [2.24, 2.45) is 0 Å². The van der Waals surface area contributed by atoms with Gasteiger partial charge in [0.2, 0.25) is 0 Å². The number of nitrogens with one attached hydrogen (secondary N) is 2. The lowest BCUT2D eigenvalue weighted by atomic mass is 9.91. The fourth-order valence-corrected chi connectivity index (χ4v) is 2.58. The van der Waals surface area contributed by atoms with Crippen molar-refractivity contribution < 1.29 is 4.74 Å². The van der Waals surface area contributed by atoms with E-state index in [2.05, 4.69) is 27.4 Å². The molecule has 94 valence electrons. The van der Waals surface area contributed by atoms with E-state index >= 15 is 0 Å². The maximum atomic E-state index is 5.74. The third-order valence-electron chi connectivity index (χ3n) is 3.56. The highest BCUT2D eigenvalue weighted by Crippen LogP contribution is 2.36. The predicted molar refractivity (Wildman–Crippen MR) is 69.8 cm³/mol. The Kier molecular flexibility index (Phi) is 3.02. The van der Waals surface area contributed by atoms with Gasteiger partial charge in [-0.3, -0.25) is 0 Å². The lowest BCUT2D eigenvalue weighted by Gasteiger charge is -2.21. The first-order chi connectivity index (χ1) is 8.88. The Morgan fingerprint density at radius 1 is 1.50 bits per heavy atom. The molecule has 3 rings (SSSR count). The van der Waals surface area contributed by atoms with Crippen molar-refractivity contribution in [3.63, 3.8) is 0 Å². The van der Waals surface area contributed by atoms with Gasteiger partial charge in [0, 0.05) is 36.3 Å². The van der Waals surface area contributed by atoms with Crippen LogP contribution in [0.5, 0.6) is 5.75 Å². The highest BCUT2D eigenvalue weighted by Gasteiger charge is 2.30. The summed E-state index contributed by atoms with van der Waals surface area (Å²) in [6.45, 7) is 0.742. The molecular weight excluding hydrogens is 226 g/mol. The van der Waals surface area contributed by atoms with Crippen LogP contribution in [-0.4, -0.2) is 29.7 Å². The number of likely N-dealkylation sites (N-methyl/N-ethyl adjacent to an activating group) is 1. The number of para-hydroxylation sites is 1. The van der Waals surface area contributed by atoms with Gasteiger partial charge in [-0.2, -0.15) is 0 Å². The van der Waals surface area contributed by atoms with Gasteiger partial charge in [0.25, 0.3) is 0 Å². The molecule has 0 aliphatic carbocycles. The number of aromatic nitrogens is 2. The Bertz CT molecular complexity index is 510. The summed E-state index contributed by atoms with van der Waals surface area (Å²) >= 11 is 0. The second kappa shape index (κ2) is 4.82. The number of hydrogen-bond acceptors (Lipinski definition) is 3. The number of aromatic amines is 1. The van der Waals surface area contributed by atoms with Crippen LogP contribution in [-0.2, 0) is 6.42 Å². The molecule has 0 saturated heterocycles. The van der Waals surface area contributed by atoms with E-state index in [1.54, 1.807) is 6.20 Å². The molecule has 2 unspecified atom stereocenters. The minimum absolute atomic E-state index is 0.333. The van der Waals surface area contributed by atoms with E-state index in [4.69, 9.17) is 4.74 Å². The molecule has 0 saturated carbocycles. The van der Waals surface area contributed by atoms with Gasteiger partial charge in [0.05, 0.1) is 6.61 Å². The van der Waals surface area contributed by atoms with Crippen LogP contribution in [0.1, 0.15) is 17.3 Å². The van der Waals surface area contributed by atoms with E-state index in [1.807, 2.05) is 25.4 Å². The second-order valence-corrected chi connectivity index (χ2v) is 4.59. The van der Waals surface area contributed by atoms with Crippen LogP contribution in [0.15, 0.2) is 36.7 Å². The van der Waals surface area contributed by atoms with Crippen LogP contribution >= 0.6 is 0 Å². The molecular formula is C14H17N3O. The maximum Gasteiger partial charge on any atom is 0.122 e. The summed E-state index contributed by atoms with van der Waals surface area (Å²) in [6, 6.07) is 8.61. The molecule has 2 aromatic rings. The zero-order valence-electron chi connectivity index (χ0n) is 10.4. The van der Waals surface area contributed by atoms with Crippen LogP contribution < -0.4 is 10.1 Å². The predicted octanol–water partition coefficient (Wildman–Crippen LogP) is 1.72. The summed E-state index contributed by atoms with van der Waals surface area (Å²) in [5.74, 6) is 2.41. The van der Waals surface area contributed by atoms with Crippen LogP contribution in [0.4, 0.5) is 0 Å². The molecule has 4 nitrogen and oxygen atoms in total. The van der Waals surface area contributed by atoms with E-state index < -0.39 is 0 Å². The number of hydrogen-bond donors (Lipinski definition) is 2. The van der Waals surface area contributed by atoms with E-state index in [0.717, 1.165) is 24.6 Å². The molecule has 1 aromatic heterocycles. The number of H-pyrrole nitrogens is 1. The fourth-order valence-electron chi connectivity index (χ4n) is 2.58. The van der Waals surface area contributed by atoms with E-state index in [-0.39, 0.29) is 0 Å². The van der Waals surface area contributed by atoms with Gasteiger partial charge in [-0.05, 0) is 13.1 Å². The number of rotatable bonds is 4. The number of imidazole rings is 1. The molecule has 0 spiro atoms. The van der Waals surface area contributed by atoms with Gasteiger partial charge in [-0.25, -0.2) is 4.98 Å². The number of ether oxygens (including phenoxy) is 1. The summed E-state index contributed by atoms with van der Waals surface area (Å²) in [7, 11) is 1.99. The first-order valence-electron chi connectivity index (χ1n) is 6.25. The van der Waals surface area contributed by atoms with Crippen LogP contribution in [0.3, 0.4) is 0 Å². The summed E-state index contributed by atoms with van der Waals surface area (Å²) in [6.07, 6.45) is 4.54. The van der Waals surface area contributed by atoms with E-state index in [1.165, 1.54) is 5.56 Å². The van der Waals surface area contributed by atoms with Gasteiger partial charge < -0.3 is 15.0 Å². The van der Waals surface area contributed by atoms with Crippen LogP contribution in [0.25, 0.3) is 0 Å². The Morgan fingerprint density at radius 3 is 3.17 bits per heavy atom. The van der Waals surface area contributed by atoms with Crippen molar-refractivity contribution in [2.75, 3.05) is 13.7 Å². The highest BCUT2D eigenvalue weighted by molar-refractivity contribution is 5.40. The largest absolute Gasteiger partial charge is 0.493 e. The van der Waals surface area contributed by atoms with Crippen LogP contribution in [0.2, 0.25) is 0 Å². The Morgan fingerprint density at radius 2 is 2.39 bits per heavy atom. The SMILES string of the molecule is CNC(Cc1ncc[nH]1)C1COc2ccccc21. The molecule has 1 aliphatic rings. The monoisotopic (exact) mass is 243 g/mol. The van der Waals surface area contributed by atoms with Crippen molar-refractivity contribution in [3.8, 4) is 5.75 Å². The third kappa shape index (κ3) is 1.99. The number of fused-ring (bicyclic) bond motifs is 1. The van der Waals surface area contributed by atoms with Gasteiger partial charge in [-0.15, -0.1) is 0 Å². The molecule has 1 aliphatic heterocycles. The van der Waals surface area contributed by atoms with Crippen molar-refractivity contribution in [3.05, 3.63) is 48.0 Å². The van der Waals surface area contributed by atoms with Crippen molar-refractivity contribution in [1.82, 2.24) is 15.3 Å². The standard InChI is InChI=1S/C14H17N3O/c1-15-12(8-14-16-6-7-17-14)11-9-18-13-5-3-2-4-10(11)13/h2-7,11-12,15H,8-9H2,1H3,(H,16,17). The Labute approximate surface area is 106 Å². The summed E-state index contributed by atoms with van der Waals surface area (Å²) in [5.41, 5.74) is 1.29. The molecule has 1 aromatic carbocycles. The normalized spacial score (nSPS) is 19.3. The van der Waals surface area contributed by atoms with Crippen LogP contribution in [0, 0.1) is 0 Å². The highest BCUT2D eigenvalue weighted by atomic mass is 16.5. The topological polar surface area (TPSA) is 49.9 Å². The second-order valence-electron chi connectivity index (χ2n) is 4.59. The zero-order valence-corrected chi connectivity index (χ0v) is 10.4. The molecule has 0 fully saturated rings. The van der Waals surface area contributed by atoms with E-state index in [0.29, 0.717) is 12.0 Å². The molecule has 2 N–H and O–H groups in total. The molecule has 0 amide bonds. The fraction of sp³-hybridized carbons (Fsp3) is 0.357. The number of nitrogens with zero attached hydrogens (tertiary/aromatic N) is 1. The maximum absolute atomic E-state index is 5.74. The summed E-state index contributed by atoms with van der Waals surface area (Å²) in [4.78, 5) is 7.45. The minimum atomic E-state index is 0.333. The average Bonchev–Trinajstić information content (AvgIpc) is 3.05. The molecule has 2 atom stereocenters. The van der Waals surface area contributed by atoms with Gasteiger partial charge in [-0.1, -0.05) is 18.2 Å². The first-order valence-corrected chi connectivity index (χ1v) is 6.25. The quantitative estimate of drug-likeness (QED) is 0.859. The summed E-state index contributed by atoms with van der Waals surface area (Å²) < 4.78 is 5.74.